The molecule has 5 heteroatoms. The van der Waals surface area contributed by atoms with Crippen LogP contribution in [0.25, 0.3) is 0 Å². The van der Waals surface area contributed by atoms with E-state index in [-0.39, 0.29) is 17.9 Å². The SMILES string of the molecule is COC(=O)C(CC(=O)C(C)(C)C)=Nc1cccc(Cl)c1. The Kier molecular flexibility index (Phi) is 5.45. The van der Waals surface area contributed by atoms with Gasteiger partial charge in [0.25, 0.3) is 0 Å². The van der Waals surface area contributed by atoms with Crippen LogP contribution in [0.1, 0.15) is 27.2 Å². The molecule has 20 heavy (non-hydrogen) atoms. The summed E-state index contributed by atoms with van der Waals surface area (Å²) in [4.78, 5) is 27.9. The van der Waals surface area contributed by atoms with Gasteiger partial charge in [-0.25, -0.2) is 9.79 Å². The van der Waals surface area contributed by atoms with E-state index in [4.69, 9.17) is 11.6 Å². The fraction of sp³-hybridized carbons (Fsp3) is 0.400. The van der Waals surface area contributed by atoms with E-state index < -0.39 is 11.4 Å². The molecule has 0 bridgehead atoms. The van der Waals surface area contributed by atoms with Crippen molar-refractivity contribution < 1.29 is 14.3 Å². The number of esters is 1. The Balaban J connectivity index is 3.07. The van der Waals surface area contributed by atoms with E-state index in [9.17, 15) is 9.59 Å². The third-order valence-electron chi connectivity index (χ3n) is 2.66. The van der Waals surface area contributed by atoms with Crippen LogP contribution >= 0.6 is 11.6 Å². The van der Waals surface area contributed by atoms with Crippen molar-refractivity contribution >= 4 is 34.8 Å². The third-order valence-corrected chi connectivity index (χ3v) is 2.89. The van der Waals surface area contributed by atoms with Gasteiger partial charge in [-0.2, -0.15) is 0 Å². The van der Waals surface area contributed by atoms with Crippen molar-refractivity contribution in [3.8, 4) is 0 Å². The number of methoxy groups -OCH3 is 1. The quantitative estimate of drug-likeness (QED) is 0.630. The predicted molar refractivity (Wildman–Crippen MR) is 79.6 cm³/mol. The van der Waals surface area contributed by atoms with Crippen LogP contribution < -0.4 is 0 Å². The number of Topliss-reactive ketones (excluding diaryl/α,β-unsaturated/α-hetero) is 1. The Labute approximate surface area is 123 Å². The second kappa shape index (κ2) is 6.66. The Hall–Kier alpha value is -1.68. The van der Waals surface area contributed by atoms with Gasteiger partial charge in [0.15, 0.2) is 0 Å². The van der Waals surface area contributed by atoms with Gasteiger partial charge in [0.1, 0.15) is 11.5 Å². The standard InChI is InChI=1S/C15H18ClNO3/c1-15(2,3)13(18)9-12(14(19)20-4)17-11-7-5-6-10(16)8-11/h5-8H,9H2,1-4H3. The smallest absolute Gasteiger partial charge is 0.352 e. The summed E-state index contributed by atoms with van der Waals surface area (Å²) >= 11 is 5.87. The molecule has 0 heterocycles. The highest BCUT2D eigenvalue weighted by Gasteiger charge is 2.25. The fourth-order valence-corrected chi connectivity index (χ4v) is 1.58. The van der Waals surface area contributed by atoms with Gasteiger partial charge in [0.05, 0.1) is 19.2 Å². The Bertz CT molecular complexity index is 544. The fourth-order valence-electron chi connectivity index (χ4n) is 1.39. The number of hydrogen-bond donors (Lipinski definition) is 0. The molecule has 0 aromatic heterocycles. The molecule has 0 saturated heterocycles. The lowest BCUT2D eigenvalue weighted by Gasteiger charge is -2.16. The molecule has 108 valence electrons. The van der Waals surface area contributed by atoms with Gasteiger partial charge in [-0.1, -0.05) is 38.4 Å². The number of ether oxygens (including phenoxy) is 1. The summed E-state index contributed by atoms with van der Waals surface area (Å²) in [5.41, 5.74) is 0.0534. The molecule has 0 radical (unpaired) electrons. The van der Waals surface area contributed by atoms with Crippen molar-refractivity contribution in [2.75, 3.05) is 7.11 Å². The van der Waals surface area contributed by atoms with E-state index in [1.807, 2.05) is 0 Å². The molecule has 1 aromatic rings. The summed E-state index contributed by atoms with van der Waals surface area (Å²) in [5.74, 6) is -0.689. The minimum absolute atomic E-state index is 0.0668. The van der Waals surface area contributed by atoms with Crippen molar-refractivity contribution in [3.05, 3.63) is 29.3 Å². The zero-order valence-electron chi connectivity index (χ0n) is 12.1. The molecular formula is C15H18ClNO3. The van der Waals surface area contributed by atoms with Crippen LogP contribution in [-0.4, -0.2) is 24.6 Å². The zero-order valence-corrected chi connectivity index (χ0v) is 12.8. The molecular weight excluding hydrogens is 278 g/mol. The van der Waals surface area contributed by atoms with Gasteiger partial charge >= 0.3 is 5.97 Å². The topological polar surface area (TPSA) is 55.7 Å². The largest absolute Gasteiger partial charge is 0.465 e. The molecule has 0 amide bonds. The number of ketones is 1. The molecule has 0 unspecified atom stereocenters. The lowest BCUT2D eigenvalue weighted by molar-refractivity contribution is -0.134. The van der Waals surface area contributed by atoms with Gasteiger partial charge in [0.2, 0.25) is 0 Å². The first kappa shape index (κ1) is 16.4. The van der Waals surface area contributed by atoms with Crippen LogP contribution in [0, 0.1) is 5.41 Å². The zero-order chi connectivity index (χ0) is 15.3. The maximum atomic E-state index is 12.0. The van der Waals surface area contributed by atoms with Crippen molar-refractivity contribution in [1.29, 1.82) is 0 Å². The Morgan fingerprint density at radius 3 is 2.45 bits per heavy atom. The van der Waals surface area contributed by atoms with Crippen LogP contribution in [0.5, 0.6) is 0 Å². The van der Waals surface area contributed by atoms with E-state index in [1.54, 1.807) is 45.0 Å². The van der Waals surface area contributed by atoms with Crippen molar-refractivity contribution in [1.82, 2.24) is 0 Å². The van der Waals surface area contributed by atoms with Crippen molar-refractivity contribution in [2.24, 2.45) is 10.4 Å². The summed E-state index contributed by atoms with van der Waals surface area (Å²) in [7, 11) is 1.26. The molecule has 0 fully saturated rings. The van der Waals surface area contributed by atoms with Crippen LogP contribution in [-0.2, 0) is 14.3 Å². The lowest BCUT2D eigenvalue weighted by atomic mass is 9.88. The molecule has 4 nitrogen and oxygen atoms in total. The average Bonchev–Trinajstić information content (AvgIpc) is 2.35. The summed E-state index contributed by atoms with van der Waals surface area (Å²) in [6.07, 6.45) is -0.0668. The number of halogens is 1. The lowest BCUT2D eigenvalue weighted by Crippen LogP contribution is -2.27. The van der Waals surface area contributed by atoms with E-state index >= 15 is 0 Å². The van der Waals surface area contributed by atoms with Gasteiger partial charge in [-0.15, -0.1) is 0 Å². The first-order chi connectivity index (χ1) is 9.24. The Morgan fingerprint density at radius 1 is 1.30 bits per heavy atom. The molecule has 0 aliphatic rings. The van der Waals surface area contributed by atoms with Crippen LogP contribution in [0.4, 0.5) is 5.69 Å². The highest BCUT2D eigenvalue weighted by atomic mass is 35.5. The van der Waals surface area contributed by atoms with Crippen LogP contribution in [0.3, 0.4) is 0 Å². The number of benzene rings is 1. The van der Waals surface area contributed by atoms with Gasteiger partial charge < -0.3 is 4.74 Å². The molecule has 0 aliphatic carbocycles. The van der Waals surface area contributed by atoms with E-state index in [1.165, 1.54) is 7.11 Å². The van der Waals surface area contributed by atoms with E-state index in [0.717, 1.165) is 0 Å². The molecule has 0 spiro atoms. The van der Waals surface area contributed by atoms with Gasteiger partial charge in [-0.3, -0.25) is 4.79 Å². The first-order valence-electron chi connectivity index (χ1n) is 6.19. The molecule has 0 aliphatic heterocycles. The Morgan fingerprint density at radius 2 is 1.95 bits per heavy atom. The van der Waals surface area contributed by atoms with Crippen molar-refractivity contribution in [3.63, 3.8) is 0 Å². The highest BCUT2D eigenvalue weighted by Crippen LogP contribution is 2.21. The predicted octanol–water partition coefficient (Wildman–Crippen LogP) is 3.59. The van der Waals surface area contributed by atoms with Crippen molar-refractivity contribution in [2.45, 2.75) is 27.2 Å². The number of aliphatic imine (C=N–C) groups is 1. The summed E-state index contributed by atoms with van der Waals surface area (Å²) in [6, 6.07) is 6.75. The number of rotatable bonds is 4. The van der Waals surface area contributed by atoms with Gasteiger partial charge in [0, 0.05) is 10.4 Å². The third kappa shape index (κ3) is 4.78. The number of hydrogen-bond acceptors (Lipinski definition) is 4. The minimum atomic E-state index is -0.609. The normalized spacial score (nSPS) is 12.2. The summed E-state index contributed by atoms with van der Waals surface area (Å²) in [6.45, 7) is 5.39. The minimum Gasteiger partial charge on any atom is -0.465 e. The molecule has 1 aromatic carbocycles. The number of nitrogens with zero attached hydrogens (tertiary/aromatic N) is 1. The summed E-state index contributed by atoms with van der Waals surface area (Å²) in [5, 5.41) is 0.512. The number of carbonyl (C=O) groups excluding carboxylic acids is 2. The van der Waals surface area contributed by atoms with E-state index in [0.29, 0.717) is 10.7 Å². The summed E-state index contributed by atoms with van der Waals surface area (Å²) < 4.78 is 4.67. The second-order valence-electron chi connectivity index (χ2n) is 5.38. The van der Waals surface area contributed by atoms with Gasteiger partial charge in [-0.05, 0) is 18.2 Å². The second-order valence-corrected chi connectivity index (χ2v) is 5.82. The average molecular weight is 296 g/mol. The first-order valence-corrected chi connectivity index (χ1v) is 6.56. The van der Waals surface area contributed by atoms with Crippen LogP contribution in [0.2, 0.25) is 5.02 Å². The maximum Gasteiger partial charge on any atom is 0.352 e. The van der Waals surface area contributed by atoms with E-state index in [2.05, 4.69) is 9.73 Å². The number of carbonyl (C=O) groups is 2. The molecule has 0 N–H and O–H groups in total. The highest BCUT2D eigenvalue weighted by molar-refractivity contribution is 6.40. The maximum absolute atomic E-state index is 12.0. The molecule has 0 saturated carbocycles. The molecule has 1 rings (SSSR count). The molecule has 0 atom stereocenters. The monoisotopic (exact) mass is 295 g/mol. The van der Waals surface area contributed by atoms with Crippen LogP contribution in [0.15, 0.2) is 29.3 Å².